The molecule has 20 heavy (non-hydrogen) atoms. The second-order valence-electron chi connectivity index (χ2n) is 3.92. The molecular weight excluding hydrogens is 365 g/mol. The van der Waals surface area contributed by atoms with Gasteiger partial charge in [-0.05, 0) is 58.5 Å². The summed E-state index contributed by atoms with van der Waals surface area (Å²) in [5.41, 5.74) is 1.41. The number of pyridine rings is 1. The lowest BCUT2D eigenvalue weighted by Gasteiger charge is -2.04. The van der Waals surface area contributed by atoms with E-state index in [0.29, 0.717) is 11.3 Å². The summed E-state index contributed by atoms with van der Waals surface area (Å²) in [6.07, 6.45) is 4.74. The molecule has 0 unspecified atom stereocenters. The molecule has 1 amide bonds. The summed E-state index contributed by atoms with van der Waals surface area (Å²) >= 11 is 2.16. The summed E-state index contributed by atoms with van der Waals surface area (Å²) in [5.74, 6) is -0.432. The van der Waals surface area contributed by atoms with Crippen molar-refractivity contribution < 1.29 is 4.79 Å². The number of nitrogens with one attached hydrogen (secondary N) is 1. The monoisotopic (exact) mass is 375 g/mol. The van der Waals surface area contributed by atoms with Gasteiger partial charge in [0.05, 0.1) is 0 Å². The van der Waals surface area contributed by atoms with Crippen LogP contribution in [0.5, 0.6) is 0 Å². The van der Waals surface area contributed by atoms with E-state index in [0.717, 1.165) is 3.57 Å². The average Bonchev–Trinajstić information content (AvgIpc) is 2.45. The fourth-order valence-corrected chi connectivity index (χ4v) is 2.08. The molecule has 0 aliphatic rings. The van der Waals surface area contributed by atoms with Crippen molar-refractivity contribution in [3.8, 4) is 6.07 Å². The summed E-state index contributed by atoms with van der Waals surface area (Å²) in [4.78, 5) is 16.0. The zero-order chi connectivity index (χ0) is 14.4. The van der Waals surface area contributed by atoms with Crippen LogP contribution in [0.4, 0.5) is 5.69 Å². The highest BCUT2D eigenvalue weighted by Crippen LogP contribution is 2.14. The third-order valence-corrected chi connectivity index (χ3v) is 3.11. The maximum atomic E-state index is 12.0. The Kier molecular flexibility index (Phi) is 4.85. The number of nitriles is 1. The van der Waals surface area contributed by atoms with Crippen LogP contribution in [0.2, 0.25) is 0 Å². The van der Waals surface area contributed by atoms with E-state index in [1.54, 1.807) is 30.6 Å². The first-order chi connectivity index (χ1) is 9.69. The van der Waals surface area contributed by atoms with Crippen LogP contribution in [0.1, 0.15) is 5.56 Å². The summed E-state index contributed by atoms with van der Waals surface area (Å²) in [7, 11) is 0. The first-order valence-electron chi connectivity index (χ1n) is 5.78. The standard InChI is InChI=1S/C15H10IN3O/c16-13-4-1-5-14(8-13)19-15(20)12(9-17)7-11-3-2-6-18-10-11/h1-8,10H,(H,19,20)/b12-7+. The zero-order valence-corrected chi connectivity index (χ0v) is 12.5. The van der Waals surface area contributed by atoms with Crippen LogP contribution in [-0.4, -0.2) is 10.9 Å². The molecule has 0 radical (unpaired) electrons. The highest BCUT2D eigenvalue weighted by Gasteiger charge is 2.09. The smallest absolute Gasteiger partial charge is 0.266 e. The third kappa shape index (κ3) is 3.90. The molecule has 0 bridgehead atoms. The molecule has 0 aliphatic carbocycles. The van der Waals surface area contributed by atoms with E-state index in [9.17, 15) is 4.79 Å². The van der Waals surface area contributed by atoms with E-state index in [1.165, 1.54) is 6.08 Å². The number of aromatic nitrogens is 1. The van der Waals surface area contributed by atoms with Crippen molar-refractivity contribution in [2.24, 2.45) is 0 Å². The Bertz CT molecular complexity index is 690. The predicted octanol–water partition coefficient (Wildman–Crippen LogP) is 3.23. The molecule has 98 valence electrons. The minimum absolute atomic E-state index is 0.0388. The Balaban J connectivity index is 2.19. The third-order valence-electron chi connectivity index (χ3n) is 2.44. The van der Waals surface area contributed by atoms with Gasteiger partial charge in [0.25, 0.3) is 5.91 Å². The fraction of sp³-hybridized carbons (Fsp3) is 0. The van der Waals surface area contributed by atoms with Crippen molar-refractivity contribution >= 4 is 40.3 Å². The largest absolute Gasteiger partial charge is 0.321 e. The normalized spacial score (nSPS) is 10.7. The lowest BCUT2D eigenvalue weighted by atomic mass is 10.1. The molecular formula is C15H10IN3O. The number of nitrogens with zero attached hydrogens (tertiary/aromatic N) is 2. The maximum absolute atomic E-state index is 12.0. The van der Waals surface area contributed by atoms with Gasteiger partial charge >= 0.3 is 0 Å². The molecule has 1 aromatic heterocycles. The molecule has 4 nitrogen and oxygen atoms in total. The van der Waals surface area contributed by atoms with E-state index in [4.69, 9.17) is 5.26 Å². The van der Waals surface area contributed by atoms with Crippen LogP contribution in [0, 0.1) is 14.9 Å². The number of halogens is 1. The highest BCUT2D eigenvalue weighted by atomic mass is 127. The second-order valence-corrected chi connectivity index (χ2v) is 5.17. The van der Waals surface area contributed by atoms with Crippen LogP contribution in [0.15, 0.2) is 54.4 Å². The molecule has 1 N–H and O–H groups in total. The molecule has 0 saturated carbocycles. The van der Waals surface area contributed by atoms with Crippen molar-refractivity contribution in [3.63, 3.8) is 0 Å². The highest BCUT2D eigenvalue weighted by molar-refractivity contribution is 14.1. The molecule has 0 saturated heterocycles. The SMILES string of the molecule is N#C/C(=C\c1cccnc1)C(=O)Nc1cccc(I)c1. The van der Waals surface area contributed by atoms with E-state index in [1.807, 2.05) is 24.3 Å². The van der Waals surface area contributed by atoms with Crippen LogP contribution in [0.3, 0.4) is 0 Å². The quantitative estimate of drug-likeness (QED) is 0.509. The number of benzene rings is 1. The van der Waals surface area contributed by atoms with Crippen molar-refractivity contribution in [1.82, 2.24) is 4.98 Å². The molecule has 1 heterocycles. The van der Waals surface area contributed by atoms with Crippen molar-refractivity contribution in [3.05, 3.63) is 63.5 Å². The van der Waals surface area contributed by atoms with Gasteiger partial charge in [-0.25, -0.2) is 0 Å². The minimum atomic E-state index is -0.432. The van der Waals surface area contributed by atoms with Crippen molar-refractivity contribution in [1.29, 1.82) is 5.26 Å². The Morgan fingerprint density at radius 3 is 2.85 bits per heavy atom. The molecule has 0 fully saturated rings. The molecule has 1 aromatic carbocycles. The fourth-order valence-electron chi connectivity index (χ4n) is 1.54. The maximum Gasteiger partial charge on any atom is 0.266 e. The summed E-state index contributed by atoms with van der Waals surface area (Å²) in [6, 6.07) is 12.8. The summed E-state index contributed by atoms with van der Waals surface area (Å²) in [5, 5.41) is 11.8. The number of carbonyl (C=O) groups excluding carboxylic acids is 1. The van der Waals surface area contributed by atoms with E-state index in [-0.39, 0.29) is 5.57 Å². The minimum Gasteiger partial charge on any atom is -0.321 e. The summed E-state index contributed by atoms with van der Waals surface area (Å²) < 4.78 is 1.01. The number of rotatable bonds is 3. The molecule has 2 aromatic rings. The Morgan fingerprint density at radius 2 is 2.20 bits per heavy atom. The van der Waals surface area contributed by atoms with Crippen molar-refractivity contribution in [2.75, 3.05) is 5.32 Å². The van der Waals surface area contributed by atoms with Gasteiger partial charge in [0, 0.05) is 21.7 Å². The molecule has 0 aliphatic heterocycles. The second kappa shape index (κ2) is 6.82. The van der Waals surface area contributed by atoms with E-state index >= 15 is 0 Å². The lowest BCUT2D eigenvalue weighted by Crippen LogP contribution is -2.13. The van der Waals surface area contributed by atoms with Gasteiger partial charge in [0.1, 0.15) is 11.6 Å². The number of carbonyl (C=O) groups is 1. The Morgan fingerprint density at radius 1 is 1.35 bits per heavy atom. The van der Waals surface area contributed by atoms with E-state index in [2.05, 4.69) is 32.9 Å². The summed E-state index contributed by atoms with van der Waals surface area (Å²) in [6.45, 7) is 0. The van der Waals surface area contributed by atoms with Crippen LogP contribution < -0.4 is 5.32 Å². The van der Waals surface area contributed by atoms with Gasteiger partial charge in [-0.3, -0.25) is 9.78 Å². The van der Waals surface area contributed by atoms with Gasteiger partial charge in [-0.2, -0.15) is 5.26 Å². The lowest BCUT2D eigenvalue weighted by molar-refractivity contribution is -0.112. The van der Waals surface area contributed by atoms with E-state index < -0.39 is 5.91 Å². The average molecular weight is 375 g/mol. The van der Waals surface area contributed by atoms with Gasteiger partial charge in [-0.15, -0.1) is 0 Å². The first kappa shape index (κ1) is 14.2. The molecule has 0 spiro atoms. The number of anilines is 1. The van der Waals surface area contributed by atoms with Gasteiger partial charge in [0.2, 0.25) is 0 Å². The number of amides is 1. The number of hydrogen-bond acceptors (Lipinski definition) is 3. The van der Waals surface area contributed by atoms with Gasteiger partial charge in [0.15, 0.2) is 0 Å². The van der Waals surface area contributed by atoms with Crippen molar-refractivity contribution in [2.45, 2.75) is 0 Å². The zero-order valence-electron chi connectivity index (χ0n) is 10.4. The van der Waals surface area contributed by atoms with Crippen LogP contribution >= 0.6 is 22.6 Å². The van der Waals surface area contributed by atoms with Gasteiger partial charge in [-0.1, -0.05) is 12.1 Å². The Hall–Kier alpha value is -2.20. The van der Waals surface area contributed by atoms with Crippen LogP contribution in [0.25, 0.3) is 6.08 Å². The molecule has 0 atom stereocenters. The number of hydrogen-bond donors (Lipinski definition) is 1. The molecule has 2 rings (SSSR count). The predicted molar refractivity (Wildman–Crippen MR) is 85.6 cm³/mol. The van der Waals surface area contributed by atoms with Gasteiger partial charge < -0.3 is 5.32 Å². The van der Waals surface area contributed by atoms with Crippen LogP contribution in [-0.2, 0) is 4.79 Å². The topological polar surface area (TPSA) is 65.8 Å². The molecule has 5 heteroatoms. The Labute approximate surface area is 130 Å². The first-order valence-corrected chi connectivity index (χ1v) is 6.85.